The Kier molecular flexibility index (Phi) is 7.74. The monoisotopic (exact) mass is 236 g/mol. The van der Waals surface area contributed by atoms with Gasteiger partial charge in [-0.2, -0.15) is 0 Å². The molecule has 0 aliphatic rings. The van der Waals surface area contributed by atoms with Gasteiger partial charge in [-0.15, -0.1) is 0 Å². The van der Waals surface area contributed by atoms with Crippen LogP contribution < -0.4 is 0 Å². The maximum atomic E-state index is 9.75. The van der Waals surface area contributed by atoms with Crippen molar-refractivity contribution in [2.24, 2.45) is 0 Å². The van der Waals surface area contributed by atoms with E-state index >= 15 is 0 Å². The zero-order valence-electron chi connectivity index (χ0n) is 8.86. The van der Waals surface area contributed by atoms with Crippen LogP contribution in [0.5, 0.6) is 0 Å². The van der Waals surface area contributed by atoms with Gasteiger partial charge in [-0.1, -0.05) is 0 Å². The van der Waals surface area contributed by atoms with Crippen molar-refractivity contribution in [1.82, 2.24) is 0 Å². The molecule has 0 amide bonds. The van der Waals surface area contributed by atoms with E-state index in [1.54, 1.807) is 0 Å². The molecule has 0 aliphatic carbocycles. The summed E-state index contributed by atoms with van der Waals surface area (Å²) in [6, 6.07) is 0. The summed E-state index contributed by atoms with van der Waals surface area (Å²) in [4.78, 5) is 0. The number of aliphatic hydroxyl groups excluding tert-OH is 1. The van der Waals surface area contributed by atoms with Crippen molar-refractivity contribution in [3.8, 4) is 0 Å². The minimum Gasteiger partial charge on any atom is -0.418 e. The third-order valence-corrected chi connectivity index (χ3v) is 4.23. The molecule has 0 atom stereocenters. The summed E-state index contributed by atoms with van der Waals surface area (Å²) in [6.07, 6.45) is 5.36. The lowest BCUT2D eigenvalue weighted by atomic mass is 10.1. The lowest BCUT2D eigenvalue weighted by molar-refractivity contribution is 0.275. The van der Waals surface area contributed by atoms with Gasteiger partial charge >= 0.3 is 7.25 Å². The predicted octanol–water partition coefficient (Wildman–Crippen LogP) is 2.33. The fraction of sp³-hybridized carbons (Fsp3) is 1.00. The number of rotatable bonds is 3. The molecule has 14 heavy (non-hydrogen) atoms. The Labute approximate surface area is 85.3 Å². The lowest BCUT2D eigenvalue weighted by Crippen LogP contribution is -2.31. The standard InChI is InChI=1S/C7H17OS.BF4/c1-7(2,5-6-8)9(3)4;2-1(3,4)5/h8H,5-6H2,1-4H3;/q+1;-1. The number of aliphatic hydroxyl groups is 1. The van der Waals surface area contributed by atoms with Gasteiger partial charge in [0.1, 0.15) is 4.75 Å². The Morgan fingerprint density at radius 2 is 1.43 bits per heavy atom. The Morgan fingerprint density at radius 3 is 1.50 bits per heavy atom. The minimum atomic E-state index is -6.00. The van der Waals surface area contributed by atoms with Crippen LogP contribution in [0.3, 0.4) is 0 Å². The fourth-order valence-corrected chi connectivity index (χ4v) is 0.973. The summed E-state index contributed by atoms with van der Waals surface area (Å²) in [5, 5.41) is 8.66. The van der Waals surface area contributed by atoms with Crippen LogP contribution in [0, 0.1) is 0 Å². The molecule has 0 unspecified atom stereocenters. The molecule has 0 bridgehead atoms. The first kappa shape index (κ1) is 16.5. The van der Waals surface area contributed by atoms with Gasteiger partial charge < -0.3 is 22.4 Å². The van der Waals surface area contributed by atoms with Crippen LogP contribution in [-0.4, -0.2) is 36.2 Å². The third-order valence-electron chi connectivity index (χ3n) is 1.82. The second kappa shape index (κ2) is 6.56. The number of hydrogen-bond donors (Lipinski definition) is 1. The average Bonchev–Trinajstić information content (AvgIpc) is 1.82. The van der Waals surface area contributed by atoms with Gasteiger partial charge in [0.25, 0.3) is 0 Å². The molecule has 0 aromatic rings. The molecule has 0 rings (SSSR count). The van der Waals surface area contributed by atoms with Crippen molar-refractivity contribution in [2.75, 3.05) is 19.1 Å². The van der Waals surface area contributed by atoms with Crippen LogP contribution in [-0.2, 0) is 10.9 Å². The molecule has 1 nitrogen and oxygen atoms in total. The molecular weight excluding hydrogens is 219 g/mol. The fourth-order valence-electron chi connectivity index (χ4n) is 0.473. The first-order valence-electron chi connectivity index (χ1n) is 4.06. The van der Waals surface area contributed by atoms with Gasteiger partial charge in [0.15, 0.2) is 0 Å². The van der Waals surface area contributed by atoms with Crippen molar-refractivity contribution >= 4 is 18.1 Å². The molecular formula is C7H17BF4OS. The van der Waals surface area contributed by atoms with E-state index in [2.05, 4.69) is 26.4 Å². The largest absolute Gasteiger partial charge is 0.673 e. The van der Waals surface area contributed by atoms with Crippen LogP contribution in [0.25, 0.3) is 0 Å². The summed E-state index contributed by atoms with van der Waals surface area (Å²) in [5.74, 6) is 0. The van der Waals surface area contributed by atoms with Crippen molar-refractivity contribution in [2.45, 2.75) is 25.0 Å². The van der Waals surface area contributed by atoms with Crippen LogP contribution in [0.2, 0.25) is 0 Å². The Bertz CT molecular complexity index is 143. The lowest BCUT2D eigenvalue weighted by Gasteiger charge is -2.19. The quantitative estimate of drug-likeness (QED) is 0.453. The van der Waals surface area contributed by atoms with Gasteiger partial charge in [-0.3, -0.25) is 0 Å². The minimum absolute atomic E-state index is 0.318. The number of halogens is 4. The van der Waals surface area contributed by atoms with Crippen molar-refractivity contribution in [3.63, 3.8) is 0 Å². The van der Waals surface area contributed by atoms with Crippen LogP contribution in [0.1, 0.15) is 20.3 Å². The smallest absolute Gasteiger partial charge is 0.418 e. The van der Waals surface area contributed by atoms with Gasteiger partial charge in [-0.05, 0) is 24.7 Å². The van der Waals surface area contributed by atoms with Gasteiger partial charge in [0.2, 0.25) is 0 Å². The van der Waals surface area contributed by atoms with E-state index in [-0.39, 0.29) is 0 Å². The molecule has 0 fully saturated rings. The predicted molar refractivity (Wildman–Crippen MR) is 55.2 cm³/mol. The Hall–Kier alpha value is 0.0949. The Morgan fingerprint density at radius 1 is 1.14 bits per heavy atom. The van der Waals surface area contributed by atoms with Crippen LogP contribution in [0.4, 0.5) is 17.3 Å². The van der Waals surface area contributed by atoms with Crippen molar-refractivity contribution in [1.29, 1.82) is 0 Å². The van der Waals surface area contributed by atoms with Crippen molar-refractivity contribution < 1.29 is 22.4 Å². The first-order chi connectivity index (χ1) is 6.00. The van der Waals surface area contributed by atoms with Crippen LogP contribution >= 0.6 is 0 Å². The maximum Gasteiger partial charge on any atom is 0.673 e. The summed E-state index contributed by atoms with van der Waals surface area (Å²) < 4.78 is 39.3. The van der Waals surface area contributed by atoms with E-state index in [4.69, 9.17) is 5.11 Å². The highest BCUT2D eigenvalue weighted by Crippen LogP contribution is 2.18. The SMILES string of the molecule is C[S+](C)C(C)(C)CCO.F[B-](F)(F)F. The summed E-state index contributed by atoms with van der Waals surface area (Å²) >= 11 is 0. The molecule has 88 valence electrons. The highest BCUT2D eigenvalue weighted by molar-refractivity contribution is 7.96. The van der Waals surface area contributed by atoms with Gasteiger partial charge in [0.05, 0.1) is 12.5 Å². The summed E-state index contributed by atoms with van der Waals surface area (Å²) in [7, 11) is -5.59. The molecule has 0 saturated heterocycles. The van der Waals surface area contributed by atoms with E-state index in [1.807, 2.05) is 0 Å². The zero-order chi connectivity index (χ0) is 12.0. The highest BCUT2D eigenvalue weighted by Gasteiger charge is 2.29. The van der Waals surface area contributed by atoms with E-state index in [0.717, 1.165) is 6.42 Å². The molecule has 0 aromatic heterocycles. The molecule has 1 N–H and O–H groups in total. The van der Waals surface area contributed by atoms with E-state index < -0.39 is 7.25 Å². The zero-order valence-corrected chi connectivity index (χ0v) is 9.68. The molecule has 0 saturated carbocycles. The maximum absolute atomic E-state index is 9.75. The van der Waals surface area contributed by atoms with Gasteiger partial charge in [0, 0.05) is 13.0 Å². The molecule has 0 aromatic carbocycles. The topological polar surface area (TPSA) is 20.2 Å². The van der Waals surface area contributed by atoms with E-state index in [0.29, 0.717) is 22.2 Å². The molecule has 0 radical (unpaired) electrons. The molecule has 0 heterocycles. The van der Waals surface area contributed by atoms with Crippen molar-refractivity contribution in [3.05, 3.63) is 0 Å². The highest BCUT2D eigenvalue weighted by atomic mass is 32.2. The molecule has 7 heteroatoms. The Balaban J connectivity index is 0. The first-order valence-corrected chi connectivity index (χ1v) is 6.10. The number of hydrogen-bond acceptors (Lipinski definition) is 1. The van der Waals surface area contributed by atoms with E-state index in [9.17, 15) is 17.3 Å². The van der Waals surface area contributed by atoms with E-state index in [1.165, 1.54) is 0 Å². The normalized spacial score (nSPS) is 12.4. The summed E-state index contributed by atoms with van der Waals surface area (Å²) in [5.41, 5.74) is 0. The third kappa shape index (κ3) is 14.6. The summed E-state index contributed by atoms with van der Waals surface area (Å²) in [6.45, 7) is 4.72. The van der Waals surface area contributed by atoms with Gasteiger partial charge in [-0.25, -0.2) is 0 Å². The second-order valence-electron chi connectivity index (χ2n) is 3.54. The average molecular weight is 236 g/mol. The second-order valence-corrected chi connectivity index (χ2v) is 6.28. The molecule has 0 spiro atoms. The van der Waals surface area contributed by atoms with Crippen LogP contribution in [0.15, 0.2) is 0 Å². The molecule has 0 aliphatic heterocycles.